The molecule has 0 aliphatic heterocycles. The third-order valence-electron chi connectivity index (χ3n) is 2.75. The molecule has 0 aliphatic rings. The highest BCUT2D eigenvalue weighted by Gasteiger charge is 2.17. The molecule has 0 aromatic carbocycles. The first-order valence-electron chi connectivity index (χ1n) is 5.67. The minimum atomic E-state index is 0.315. The third kappa shape index (κ3) is 3.65. The van der Waals surface area contributed by atoms with E-state index < -0.39 is 0 Å². The average Bonchev–Trinajstić information content (AvgIpc) is 2.21. The predicted octanol–water partition coefficient (Wildman–Crippen LogP) is 3.84. The van der Waals surface area contributed by atoms with Gasteiger partial charge in [-0.3, -0.25) is 0 Å². The van der Waals surface area contributed by atoms with Crippen molar-refractivity contribution in [2.75, 3.05) is 17.7 Å². The van der Waals surface area contributed by atoms with Gasteiger partial charge in [-0.2, -0.15) is 0 Å². The van der Waals surface area contributed by atoms with Gasteiger partial charge in [-0.25, -0.2) is 4.98 Å². The summed E-state index contributed by atoms with van der Waals surface area (Å²) in [5.41, 5.74) is 5.70. The van der Waals surface area contributed by atoms with Crippen LogP contribution in [0, 0.1) is 5.92 Å². The monoisotopic (exact) mass is 275 g/mol. The zero-order valence-electron chi connectivity index (χ0n) is 10.7. The molecule has 0 spiro atoms. The Morgan fingerprint density at radius 1 is 1.29 bits per heavy atom. The summed E-state index contributed by atoms with van der Waals surface area (Å²) in [6, 6.07) is 1.99. The Hall–Kier alpha value is -0.670. The normalized spacial score (nSPS) is 12.9. The molecule has 1 aromatic rings. The molecular weight excluding hydrogens is 257 g/mol. The molecular formula is C12H19Cl2N3. The second-order valence-electron chi connectivity index (χ2n) is 4.75. The third-order valence-corrected chi connectivity index (χ3v) is 3.33. The number of pyridine rings is 1. The molecule has 0 bridgehead atoms. The SMILES string of the molecule is CC(C)CC(C)N(C)c1nc(N)c(Cl)cc1Cl. The fourth-order valence-corrected chi connectivity index (χ4v) is 2.26. The highest BCUT2D eigenvalue weighted by atomic mass is 35.5. The van der Waals surface area contributed by atoms with Crippen LogP contribution in [0.2, 0.25) is 10.0 Å². The maximum absolute atomic E-state index is 6.13. The Labute approximate surface area is 113 Å². The first-order valence-corrected chi connectivity index (χ1v) is 6.42. The highest BCUT2D eigenvalue weighted by Crippen LogP contribution is 2.31. The van der Waals surface area contributed by atoms with Crippen molar-refractivity contribution in [1.29, 1.82) is 0 Å². The molecule has 1 aromatic heterocycles. The summed E-state index contributed by atoms with van der Waals surface area (Å²) in [6.07, 6.45) is 1.07. The van der Waals surface area contributed by atoms with E-state index in [-0.39, 0.29) is 0 Å². The van der Waals surface area contributed by atoms with E-state index in [1.807, 2.05) is 11.9 Å². The van der Waals surface area contributed by atoms with E-state index in [9.17, 15) is 0 Å². The van der Waals surface area contributed by atoms with Crippen molar-refractivity contribution in [1.82, 2.24) is 4.98 Å². The minimum absolute atomic E-state index is 0.315. The molecule has 3 nitrogen and oxygen atoms in total. The van der Waals surface area contributed by atoms with E-state index in [0.29, 0.717) is 33.6 Å². The molecule has 1 rings (SSSR count). The highest BCUT2D eigenvalue weighted by molar-refractivity contribution is 6.37. The molecule has 17 heavy (non-hydrogen) atoms. The Morgan fingerprint density at radius 2 is 1.88 bits per heavy atom. The second-order valence-corrected chi connectivity index (χ2v) is 5.56. The summed E-state index contributed by atoms with van der Waals surface area (Å²) in [7, 11) is 1.97. The van der Waals surface area contributed by atoms with Gasteiger partial charge in [0.05, 0.1) is 10.0 Å². The second kappa shape index (κ2) is 5.78. The Morgan fingerprint density at radius 3 is 2.41 bits per heavy atom. The molecule has 0 fully saturated rings. The number of nitrogen functional groups attached to an aromatic ring is 1. The zero-order valence-corrected chi connectivity index (χ0v) is 12.2. The fraction of sp³-hybridized carbons (Fsp3) is 0.583. The summed E-state index contributed by atoms with van der Waals surface area (Å²) in [5, 5.41) is 0.922. The standard InChI is InChI=1S/C12H19Cl2N3/c1-7(2)5-8(3)17(4)12-10(14)6-9(13)11(15)16-12/h6-8H,5H2,1-4H3,(H2,15,16). The first-order chi connectivity index (χ1) is 7.82. The van der Waals surface area contributed by atoms with Gasteiger partial charge in [0.1, 0.15) is 11.6 Å². The van der Waals surface area contributed by atoms with Gasteiger partial charge in [0.2, 0.25) is 0 Å². The Kier molecular flexibility index (Phi) is 4.90. The van der Waals surface area contributed by atoms with Crippen molar-refractivity contribution in [2.24, 2.45) is 5.92 Å². The lowest BCUT2D eigenvalue weighted by Gasteiger charge is -2.28. The lowest BCUT2D eigenvalue weighted by molar-refractivity contribution is 0.502. The molecule has 1 heterocycles. The molecule has 96 valence electrons. The summed E-state index contributed by atoms with van der Waals surface area (Å²) in [5.74, 6) is 1.62. The van der Waals surface area contributed by atoms with Crippen LogP contribution < -0.4 is 10.6 Å². The number of aromatic nitrogens is 1. The van der Waals surface area contributed by atoms with Crippen molar-refractivity contribution in [3.05, 3.63) is 16.1 Å². The number of nitrogens with zero attached hydrogens (tertiary/aromatic N) is 2. The van der Waals surface area contributed by atoms with Crippen molar-refractivity contribution in [2.45, 2.75) is 33.2 Å². The smallest absolute Gasteiger partial charge is 0.149 e. The number of hydrogen-bond acceptors (Lipinski definition) is 3. The molecule has 0 saturated carbocycles. The minimum Gasteiger partial charge on any atom is -0.382 e. The van der Waals surface area contributed by atoms with Gasteiger partial charge < -0.3 is 10.6 Å². The predicted molar refractivity (Wildman–Crippen MR) is 76.0 cm³/mol. The number of hydrogen-bond donors (Lipinski definition) is 1. The topological polar surface area (TPSA) is 42.2 Å². The van der Waals surface area contributed by atoms with Gasteiger partial charge in [-0.15, -0.1) is 0 Å². The van der Waals surface area contributed by atoms with Crippen molar-refractivity contribution in [3.63, 3.8) is 0 Å². The van der Waals surface area contributed by atoms with E-state index in [4.69, 9.17) is 28.9 Å². The first kappa shape index (κ1) is 14.4. The van der Waals surface area contributed by atoms with E-state index in [1.54, 1.807) is 6.07 Å². The number of rotatable bonds is 4. The Bertz CT molecular complexity index is 394. The quantitative estimate of drug-likeness (QED) is 0.908. The zero-order chi connectivity index (χ0) is 13.2. The van der Waals surface area contributed by atoms with Crippen LogP contribution in [0.3, 0.4) is 0 Å². The van der Waals surface area contributed by atoms with Gasteiger partial charge in [0.25, 0.3) is 0 Å². The Balaban J connectivity index is 2.95. The van der Waals surface area contributed by atoms with Crippen molar-refractivity contribution in [3.8, 4) is 0 Å². The summed E-state index contributed by atoms with van der Waals surface area (Å²) in [4.78, 5) is 6.28. The lowest BCUT2D eigenvalue weighted by atomic mass is 10.0. The van der Waals surface area contributed by atoms with Gasteiger partial charge >= 0.3 is 0 Å². The largest absolute Gasteiger partial charge is 0.382 e. The van der Waals surface area contributed by atoms with Crippen LogP contribution in [-0.2, 0) is 0 Å². The van der Waals surface area contributed by atoms with Crippen LogP contribution in [-0.4, -0.2) is 18.1 Å². The maximum Gasteiger partial charge on any atom is 0.149 e. The molecule has 1 atom stereocenters. The van der Waals surface area contributed by atoms with Gasteiger partial charge in [0, 0.05) is 13.1 Å². The molecule has 1 unspecified atom stereocenters. The van der Waals surface area contributed by atoms with Crippen LogP contribution in [0.25, 0.3) is 0 Å². The molecule has 0 radical (unpaired) electrons. The number of anilines is 2. The summed E-state index contributed by atoms with van der Waals surface area (Å²) >= 11 is 12.0. The summed E-state index contributed by atoms with van der Waals surface area (Å²) in [6.45, 7) is 6.52. The van der Waals surface area contributed by atoms with E-state index in [1.165, 1.54) is 0 Å². The van der Waals surface area contributed by atoms with Gasteiger partial charge in [0.15, 0.2) is 0 Å². The molecule has 0 aliphatic carbocycles. The van der Waals surface area contributed by atoms with Gasteiger partial charge in [-0.1, -0.05) is 37.0 Å². The van der Waals surface area contributed by atoms with Crippen LogP contribution in [0.5, 0.6) is 0 Å². The molecule has 5 heteroatoms. The fourth-order valence-electron chi connectivity index (χ4n) is 1.77. The molecule has 0 saturated heterocycles. The van der Waals surface area contributed by atoms with Crippen LogP contribution >= 0.6 is 23.2 Å². The van der Waals surface area contributed by atoms with Gasteiger partial charge in [-0.05, 0) is 25.3 Å². The maximum atomic E-state index is 6.13. The summed E-state index contributed by atoms with van der Waals surface area (Å²) < 4.78 is 0. The van der Waals surface area contributed by atoms with Crippen LogP contribution in [0.1, 0.15) is 27.2 Å². The molecule has 0 amide bonds. The van der Waals surface area contributed by atoms with E-state index in [2.05, 4.69) is 25.8 Å². The molecule has 2 N–H and O–H groups in total. The number of nitrogens with two attached hydrogens (primary N) is 1. The van der Waals surface area contributed by atoms with Crippen LogP contribution in [0.4, 0.5) is 11.6 Å². The van der Waals surface area contributed by atoms with Crippen LogP contribution in [0.15, 0.2) is 6.07 Å². The van der Waals surface area contributed by atoms with Crippen molar-refractivity contribution >= 4 is 34.8 Å². The van der Waals surface area contributed by atoms with E-state index in [0.717, 1.165) is 6.42 Å². The lowest BCUT2D eigenvalue weighted by Crippen LogP contribution is -2.31. The van der Waals surface area contributed by atoms with Crippen molar-refractivity contribution < 1.29 is 0 Å². The van der Waals surface area contributed by atoms with E-state index >= 15 is 0 Å². The average molecular weight is 276 g/mol. The number of halogens is 2.